The Kier molecular flexibility index (Phi) is 2.74. The monoisotopic (exact) mass is 192 g/mol. The third kappa shape index (κ3) is 1.91. The smallest absolute Gasteiger partial charge is 0.234 e. The van der Waals surface area contributed by atoms with Gasteiger partial charge in [0.05, 0.1) is 6.42 Å². The zero-order chi connectivity index (χ0) is 9.97. The van der Waals surface area contributed by atoms with Crippen molar-refractivity contribution in [1.29, 1.82) is 0 Å². The maximum Gasteiger partial charge on any atom is 0.234 e. The van der Waals surface area contributed by atoms with Gasteiger partial charge in [0.25, 0.3) is 0 Å². The summed E-state index contributed by atoms with van der Waals surface area (Å²) in [6, 6.07) is 1.13. The van der Waals surface area contributed by atoms with Crippen LogP contribution >= 0.6 is 0 Å². The molecule has 0 radical (unpaired) electrons. The van der Waals surface area contributed by atoms with Crippen LogP contribution in [0.4, 0.5) is 0 Å². The number of amides is 1. The van der Waals surface area contributed by atoms with Crippen molar-refractivity contribution in [1.82, 2.24) is 10.2 Å². The zero-order valence-corrected chi connectivity index (χ0v) is 8.33. The predicted octanol–water partition coefficient (Wildman–Crippen LogP) is 0.363. The van der Waals surface area contributed by atoms with Crippen LogP contribution in [0.5, 0.6) is 0 Å². The minimum atomic E-state index is 0.113. The molecule has 2 atom stereocenters. The molecule has 0 aromatic rings. The van der Waals surface area contributed by atoms with E-state index in [1.54, 1.807) is 0 Å². The standard InChI is InChI=1S/C11H16N2O/c1-2-3-11(14)13-7-6-9-4-5-10(8-13)12-9/h1,9-10,12H,3-8H2. The summed E-state index contributed by atoms with van der Waals surface area (Å²) < 4.78 is 0. The van der Waals surface area contributed by atoms with Gasteiger partial charge in [-0.05, 0) is 19.3 Å². The van der Waals surface area contributed by atoms with E-state index >= 15 is 0 Å². The van der Waals surface area contributed by atoms with Crippen molar-refractivity contribution in [2.24, 2.45) is 0 Å². The predicted molar refractivity (Wildman–Crippen MR) is 54.6 cm³/mol. The summed E-state index contributed by atoms with van der Waals surface area (Å²) >= 11 is 0. The Balaban J connectivity index is 1.95. The molecule has 3 heteroatoms. The lowest BCUT2D eigenvalue weighted by atomic mass is 10.1. The van der Waals surface area contributed by atoms with Crippen LogP contribution in [0, 0.1) is 12.3 Å². The van der Waals surface area contributed by atoms with E-state index in [1.807, 2.05) is 4.90 Å². The topological polar surface area (TPSA) is 32.3 Å². The molecule has 1 amide bonds. The summed E-state index contributed by atoms with van der Waals surface area (Å²) in [5.74, 6) is 2.53. The van der Waals surface area contributed by atoms with Gasteiger partial charge >= 0.3 is 0 Å². The van der Waals surface area contributed by atoms with E-state index in [0.29, 0.717) is 12.1 Å². The summed E-state index contributed by atoms with van der Waals surface area (Å²) in [7, 11) is 0. The first-order chi connectivity index (χ1) is 6.79. The van der Waals surface area contributed by atoms with Crippen LogP contribution in [-0.4, -0.2) is 36.0 Å². The van der Waals surface area contributed by atoms with Gasteiger partial charge in [0.1, 0.15) is 0 Å². The highest BCUT2D eigenvalue weighted by molar-refractivity contribution is 5.78. The molecule has 14 heavy (non-hydrogen) atoms. The quantitative estimate of drug-likeness (QED) is 0.608. The molecule has 3 nitrogen and oxygen atoms in total. The van der Waals surface area contributed by atoms with Gasteiger partial charge in [-0.15, -0.1) is 6.42 Å². The van der Waals surface area contributed by atoms with Gasteiger partial charge < -0.3 is 10.2 Å². The van der Waals surface area contributed by atoms with Crippen LogP contribution in [0.2, 0.25) is 0 Å². The normalized spacial score (nSPS) is 30.9. The van der Waals surface area contributed by atoms with Crippen molar-refractivity contribution in [3.05, 3.63) is 0 Å². The second kappa shape index (κ2) is 4.02. The van der Waals surface area contributed by atoms with Crippen LogP contribution in [0.3, 0.4) is 0 Å². The molecule has 2 fully saturated rings. The van der Waals surface area contributed by atoms with E-state index in [-0.39, 0.29) is 12.3 Å². The van der Waals surface area contributed by atoms with E-state index in [1.165, 1.54) is 12.8 Å². The average Bonchev–Trinajstić information content (AvgIpc) is 2.46. The average molecular weight is 192 g/mol. The van der Waals surface area contributed by atoms with Gasteiger partial charge in [0.2, 0.25) is 5.91 Å². The van der Waals surface area contributed by atoms with Crippen LogP contribution < -0.4 is 5.32 Å². The summed E-state index contributed by atoms with van der Waals surface area (Å²) in [5, 5.41) is 3.53. The summed E-state index contributed by atoms with van der Waals surface area (Å²) in [6.07, 6.45) is 8.93. The molecule has 0 aliphatic carbocycles. The van der Waals surface area contributed by atoms with E-state index < -0.39 is 0 Å². The molecule has 0 saturated carbocycles. The highest BCUT2D eigenvalue weighted by Gasteiger charge is 2.30. The van der Waals surface area contributed by atoms with E-state index in [4.69, 9.17) is 6.42 Å². The van der Waals surface area contributed by atoms with Crippen molar-refractivity contribution >= 4 is 5.91 Å². The molecule has 2 aliphatic rings. The number of fused-ring (bicyclic) bond motifs is 2. The second-order valence-corrected chi connectivity index (χ2v) is 4.15. The van der Waals surface area contributed by atoms with Crippen LogP contribution in [0.1, 0.15) is 25.7 Å². The zero-order valence-electron chi connectivity index (χ0n) is 8.33. The number of carbonyl (C=O) groups is 1. The van der Waals surface area contributed by atoms with Gasteiger partial charge in [0, 0.05) is 25.2 Å². The first-order valence-electron chi connectivity index (χ1n) is 5.27. The highest BCUT2D eigenvalue weighted by atomic mass is 16.2. The molecule has 0 aromatic carbocycles. The Morgan fingerprint density at radius 3 is 3.00 bits per heavy atom. The van der Waals surface area contributed by atoms with E-state index in [0.717, 1.165) is 19.5 Å². The number of carbonyl (C=O) groups excluding carboxylic acids is 1. The number of terminal acetylenes is 1. The Bertz CT molecular complexity index is 269. The number of nitrogens with zero attached hydrogens (tertiary/aromatic N) is 1. The number of hydrogen-bond donors (Lipinski definition) is 1. The van der Waals surface area contributed by atoms with E-state index in [9.17, 15) is 4.79 Å². The fourth-order valence-electron chi connectivity index (χ4n) is 2.37. The first-order valence-corrected chi connectivity index (χ1v) is 5.27. The van der Waals surface area contributed by atoms with Crippen molar-refractivity contribution in [3.8, 4) is 12.3 Å². The molecule has 1 N–H and O–H groups in total. The van der Waals surface area contributed by atoms with Crippen molar-refractivity contribution in [2.45, 2.75) is 37.8 Å². The molecule has 2 aliphatic heterocycles. The molecule has 2 bridgehead atoms. The van der Waals surface area contributed by atoms with Crippen molar-refractivity contribution in [2.75, 3.05) is 13.1 Å². The molecule has 2 rings (SSSR count). The molecule has 2 heterocycles. The van der Waals surface area contributed by atoms with Crippen LogP contribution in [-0.2, 0) is 4.79 Å². The fraction of sp³-hybridized carbons (Fsp3) is 0.727. The van der Waals surface area contributed by atoms with Crippen LogP contribution in [0.15, 0.2) is 0 Å². The minimum Gasteiger partial charge on any atom is -0.340 e. The first kappa shape index (κ1) is 9.54. The Morgan fingerprint density at radius 1 is 1.43 bits per heavy atom. The van der Waals surface area contributed by atoms with Gasteiger partial charge in [-0.2, -0.15) is 0 Å². The van der Waals surface area contributed by atoms with Gasteiger partial charge in [0.15, 0.2) is 0 Å². The minimum absolute atomic E-state index is 0.113. The molecule has 0 aromatic heterocycles. The third-order valence-electron chi connectivity index (χ3n) is 3.13. The molecule has 2 unspecified atom stereocenters. The number of likely N-dealkylation sites (tertiary alicyclic amines) is 1. The lowest BCUT2D eigenvalue weighted by Crippen LogP contribution is -2.38. The maximum atomic E-state index is 11.6. The SMILES string of the molecule is C#CCC(=O)N1CCC2CCC(C1)N2. The summed E-state index contributed by atoms with van der Waals surface area (Å²) in [6.45, 7) is 1.71. The summed E-state index contributed by atoms with van der Waals surface area (Å²) in [4.78, 5) is 13.5. The van der Waals surface area contributed by atoms with Gasteiger partial charge in [-0.25, -0.2) is 0 Å². The molecule has 0 spiro atoms. The lowest BCUT2D eigenvalue weighted by Gasteiger charge is -2.23. The largest absolute Gasteiger partial charge is 0.340 e. The Morgan fingerprint density at radius 2 is 2.21 bits per heavy atom. The number of hydrogen-bond acceptors (Lipinski definition) is 2. The number of nitrogens with one attached hydrogen (secondary N) is 1. The summed E-state index contributed by atoms with van der Waals surface area (Å²) in [5.41, 5.74) is 0. The van der Waals surface area contributed by atoms with Gasteiger partial charge in [-0.3, -0.25) is 4.79 Å². The second-order valence-electron chi connectivity index (χ2n) is 4.15. The van der Waals surface area contributed by atoms with E-state index in [2.05, 4.69) is 11.2 Å². The molecule has 2 saturated heterocycles. The molecule has 76 valence electrons. The maximum absolute atomic E-state index is 11.6. The fourth-order valence-corrected chi connectivity index (χ4v) is 2.37. The third-order valence-corrected chi connectivity index (χ3v) is 3.13. The highest BCUT2D eigenvalue weighted by Crippen LogP contribution is 2.20. The number of rotatable bonds is 1. The molecular weight excluding hydrogens is 176 g/mol. The van der Waals surface area contributed by atoms with Crippen molar-refractivity contribution < 1.29 is 4.79 Å². The Hall–Kier alpha value is -1.01. The van der Waals surface area contributed by atoms with Crippen molar-refractivity contribution in [3.63, 3.8) is 0 Å². The lowest BCUT2D eigenvalue weighted by molar-refractivity contribution is -0.130. The molecular formula is C11H16N2O. The van der Waals surface area contributed by atoms with Gasteiger partial charge in [-0.1, -0.05) is 5.92 Å². The Labute approximate surface area is 84.8 Å². The van der Waals surface area contributed by atoms with Crippen LogP contribution in [0.25, 0.3) is 0 Å².